The van der Waals surface area contributed by atoms with Crippen LogP contribution in [0.2, 0.25) is 0 Å². The van der Waals surface area contributed by atoms with Gasteiger partial charge in [-0.25, -0.2) is 0 Å². The number of imide groups is 1. The summed E-state index contributed by atoms with van der Waals surface area (Å²) in [5.74, 6) is 0.211. The molecule has 0 aromatic heterocycles. The first kappa shape index (κ1) is 16.5. The second-order valence-electron chi connectivity index (χ2n) is 6.64. The third kappa shape index (κ3) is 4.07. The van der Waals surface area contributed by atoms with Crippen LogP contribution in [0.5, 0.6) is 5.75 Å². The molecule has 1 atom stereocenters. The molecule has 1 aromatic rings. The number of nitrogens with zero attached hydrogens (tertiary/aromatic N) is 1. The second kappa shape index (κ2) is 6.48. The van der Waals surface area contributed by atoms with Gasteiger partial charge in [-0.15, -0.1) is 0 Å². The number of ether oxygens (including phenoxy) is 1. The fraction of sp³-hybridized carbons (Fsp3) is 0.529. The number of carbonyl (C=O) groups excluding carboxylic acids is 2. The Labute approximate surface area is 130 Å². The highest BCUT2D eigenvalue weighted by atomic mass is 16.5. The van der Waals surface area contributed by atoms with E-state index >= 15 is 0 Å². The maximum absolute atomic E-state index is 11.5. The van der Waals surface area contributed by atoms with Crippen LogP contribution in [0.3, 0.4) is 0 Å². The van der Waals surface area contributed by atoms with E-state index in [1.165, 1.54) is 5.56 Å². The molecule has 1 aliphatic heterocycles. The Hall–Kier alpha value is -1.88. The fourth-order valence-corrected chi connectivity index (χ4v) is 2.33. The van der Waals surface area contributed by atoms with Crippen LogP contribution in [0.15, 0.2) is 24.3 Å². The summed E-state index contributed by atoms with van der Waals surface area (Å²) in [5.41, 5.74) is 1.28. The molecule has 0 aliphatic carbocycles. The van der Waals surface area contributed by atoms with Gasteiger partial charge in [0.25, 0.3) is 0 Å². The lowest BCUT2D eigenvalue weighted by Gasteiger charge is -2.20. The Morgan fingerprint density at radius 3 is 2.18 bits per heavy atom. The summed E-state index contributed by atoms with van der Waals surface area (Å²) in [6.45, 7) is 6.45. The summed E-state index contributed by atoms with van der Waals surface area (Å²) in [7, 11) is 0. The minimum atomic E-state index is -0.881. The van der Waals surface area contributed by atoms with Crippen molar-refractivity contribution in [3.05, 3.63) is 29.8 Å². The van der Waals surface area contributed by atoms with Crippen molar-refractivity contribution in [3.8, 4) is 5.75 Å². The molecule has 1 fully saturated rings. The first-order chi connectivity index (χ1) is 10.3. The SMILES string of the molecule is CC(C)(C)c1ccc(OCC(O)CN2C(=O)CCC2=O)cc1. The molecule has 5 nitrogen and oxygen atoms in total. The monoisotopic (exact) mass is 305 g/mol. The molecule has 2 rings (SSSR count). The first-order valence-corrected chi connectivity index (χ1v) is 7.52. The van der Waals surface area contributed by atoms with Gasteiger partial charge in [0.15, 0.2) is 0 Å². The minimum absolute atomic E-state index is 0.00224. The highest BCUT2D eigenvalue weighted by molar-refractivity contribution is 6.01. The van der Waals surface area contributed by atoms with Gasteiger partial charge in [-0.3, -0.25) is 14.5 Å². The van der Waals surface area contributed by atoms with Gasteiger partial charge in [-0.1, -0.05) is 32.9 Å². The third-order valence-corrected chi connectivity index (χ3v) is 3.71. The number of likely N-dealkylation sites (tertiary alicyclic amines) is 1. The Morgan fingerprint density at radius 1 is 1.14 bits per heavy atom. The molecule has 0 spiro atoms. The molecule has 0 saturated carbocycles. The molecule has 22 heavy (non-hydrogen) atoms. The van der Waals surface area contributed by atoms with Gasteiger partial charge in [0.05, 0.1) is 6.54 Å². The van der Waals surface area contributed by atoms with E-state index in [0.717, 1.165) is 4.90 Å². The fourth-order valence-electron chi connectivity index (χ4n) is 2.33. The van der Waals surface area contributed by atoms with E-state index in [4.69, 9.17) is 4.74 Å². The van der Waals surface area contributed by atoms with E-state index in [1.807, 2.05) is 24.3 Å². The quantitative estimate of drug-likeness (QED) is 0.843. The van der Waals surface area contributed by atoms with Crippen molar-refractivity contribution in [3.63, 3.8) is 0 Å². The largest absolute Gasteiger partial charge is 0.491 e. The van der Waals surface area contributed by atoms with Crippen LogP contribution >= 0.6 is 0 Å². The molecule has 1 aliphatic rings. The number of carbonyl (C=O) groups is 2. The molecule has 1 saturated heterocycles. The van der Waals surface area contributed by atoms with E-state index in [9.17, 15) is 14.7 Å². The van der Waals surface area contributed by atoms with Crippen LogP contribution in [0.25, 0.3) is 0 Å². The van der Waals surface area contributed by atoms with Crippen molar-refractivity contribution in [2.24, 2.45) is 0 Å². The summed E-state index contributed by atoms with van der Waals surface area (Å²) in [5, 5.41) is 9.92. The number of rotatable bonds is 5. The van der Waals surface area contributed by atoms with E-state index in [0.29, 0.717) is 5.75 Å². The molecule has 1 unspecified atom stereocenters. The van der Waals surface area contributed by atoms with Crippen molar-refractivity contribution >= 4 is 11.8 Å². The van der Waals surface area contributed by atoms with Crippen molar-refractivity contribution in [1.82, 2.24) is 4.90 Å². The average Bonchev–Trinajstić information content (AvgIpc) is 2.76. The molecule has 5 heteroatoms. The predicted molar refractivity (Wildman–Crippen MR) is 82.6 cm³/mol. The van der Waals surface area contributed by atoms with Crippen molar-refractivity contribution in [2.45, 2.75) is 45.1 Å². The third-order valence-electron chi connectivity index (χ3n) is 3.71. The zero-order valence-electron chi connectivity index (χ0n) is 13.3. The van der Waals surface area contributed by atoms with E-state index < -0.39 is 6.10 Å². The van der Waals surface area contributed by atoms with Crippen LogP contribution in [0.4, 0.5) is 0 Å². The molecule has 0 radical (unpaired) electrons. The van der Waals surface area contributed by atoms with Crippen LogP contribution in [0, 0.1) is 0 Å². The Kier molecular flexibility index (Phi) is 4.86. The highest BCUT2D eigenvalue weighted by Gasteiger charge is 2.30. The maximum Gasteiger partial charge on any atom is 0.229 e. The zero-order valence-corrected chi connectivity index (χ0v) is 13.3. The predicted octanol–water partition coefficient (Wildman–Crippen LogP) is 1.87. The molecule has 1 aromatic carbocycles. The molecule has 2 amide bonds. The Bertz CT molecular complexity index is 529. The maximum atomic E-state index is 11.5. The lowest BCUT2D eigenvalue weighted by Crippen LogP contribution is -2.38. The summed E-state index contributed by atoms with van der Waals surface area (Å²) in [6, 6.07) is 7.71. The van der Waals surface area contributed by atoms with Gasteiger partial charge >= 0.3 is 0 Å². The van der Waals surface area contributed by atoms with E-state index in [-0.39, 0.29) is 43.2 Å². The van der Waals surface area contributed by atoms with Gasteiger partial charge in [0, 0.05) is 12.8 Å². The first-order valence-electron chi connectivity index (χ1n) is 7.52. The van der Waals surface area contributed by atoms with Crippen LogP contribution in [0.1, 0.15) is 39.2 Å². The highest BCUT2D eigenvalue weighted by Crippen LogP contribution is 2.24. The summed E-state index contributed by atoms with van der Waals surface area (Å²) < 4.78 is 5.52. The second-order valence-corrected chi connectivity index (χ2v) is 6.64. The number of β-amino-alcohol motifs (C(OH)–C–C–N with tert-alkyl or cyclic N) is 1. The number of hydrogen-bond donors (Lipinski definition) is 1. The lowest BCUT2D eigenvalue weighted by molar-refractivity contribution is -0.140. The van der Waals surface area contributed by atoms with Crippen molar-refractivity contribution < 1.29 is 19.4 Å². The molecule has 0 bridgehead atoms. The molecule has 1 heterocycles. The van der Waals surface area contributed by atoms with Crippen LogP contribution in [-0.4, -0.2) is 41.1 Å². The number of hydrogen-bond acceptors (Lipinski definition) is 4. The number of aliphatic hydroxyl groups excluding tert-OH is 1. The van der Waals surface area contributed by atoms with Gasteiger partial charge in [0.2, 0.25) is 11.8 Å². The minimum Gasteiger partial charge on any atom is -0.491 e. The lowest BCUT2D eigenvalue weighted by atomic mass is 9.87. The molecular weight excluding hydrogens is 282 g/mol. The van der Waals surface area contributed by atoms with Crippen molar-refractivity contribution in [1.29, 1.82) is 0 Å². The van der Waals surface area contributed by atoms with Crippen molar-refractivity contribution in [2.75, 3.05) is 13.2 Å². The summed E-state index contributed by atoms with van der Waals surface area (Å²) >= 11 is 0. The van der Waals surface area contributed by atoms with Gasteiger partial charge in [-0.2, -0.15) is 0 Å². The normalized spacial score (nSPS) is 17.0. The Morgan fingerprint density at radius 2 is 1.68 bits per heavy atom. The van der Waals surface area contributed by atoms with Gasteiger partial charge < -0.3 is 9.84 Å². The number of amides is 2. The standard InChI is InChI=1S/C17H23NO4/c1-17(2,3)12-4-6-14(7-5-12)22-11-13(19)10-18-15(20)8-9-16(18)21/h4-7,13,19H,8-11H2,1-3H3. The summed E-state index contributed by atoms with van der Waals surface area (Å²) in [6.07, 6.45) is -0.408. The van der Waals surface area contributed by atoms with Gasteiger partial charge in [0.1, 0.15) is 18.5 Å². The average molecular weight is 305 g/mol. The molecule has 1 N–H and O–H groups in total. The molecular formula is C17H23NO4. The van der Waals surface area contributed by atoms with E-state index in [2.05, 4.69) is 20.8 Å². The smallest absolute Gasteiger partial charge is 0.229 e. The topological polar surface area (TPSA) is 66.8 Å². The number of benzene rings is 1. The summed E-state index contributed by atoms with van der Waals surface area (Å²) in [4.78, 5) is 24.1. The van der Waals surface area contributed by atoms with Gasteiger partial charge in [-0.05, 0) is 23.1 Å². The van der Waals surface area contributed by atoms with E-state index in [1.54, 1.807) is 0 Å². The Balaban J connectivity index is 1.85. The molecule has 120 valence electrons. The number of aliphatic hydroxyl groups is 1. The zero-order chi connectivity index (χ0) is 16.3. The van der Waals surface area contributed by atoms with Crippen LogP contribution < -0.4 is 4.74 Å². The van der Waals surface area contributed by atoms with Crippen LogP contribution in [-0.2, 0) is 15.0 Å².